The van der Waals surface area contributed by atoms with Crippen LogP contribution < -0.4 is 0 Å². The molecule has 13 heavy (non-hydrogen) atoms. The average molecular weight is 184 g/mol. The molecule has 0 saturated heterocycles. The highest BCUT2D eigenvalue weighted by atomic mass is 19.1. The molecule has 0 spiro atoms. The van der Waals surface area contributed by atoms with E-state index in [0.717, 1.165) is 0 Å². The number of hydrogen-bond acceptors (Lipinski definition) is 2. The molecule has 0 saturated carbocycles. The molecule has 70 valence electrons. The summed E-state index contributed by atoms with van der Waals surface area (Å²) in [7, 11) is 0. The van der Waals surface area contributed by atoms with Crippen molar-refractivity contribution in [1.29, 1.82) is 0 Å². The molecule has 1 atom stereocenters. The van der Waals surface area contributed by atoms with E-state index in [1.807, 2.05) is 0 Å². The fraction of sp³-hybridized carbons (Fsp3) is 0.222. The molecule has 0 fully saturated rings. The first-order valence-electron chi connectivity index (χ1n) is 3.74. The van der Waals surface area contributed by atoms with E-state index in [-0.39, 0.29) is 5.82 Å². The molecule has 4 heteroatoms. The Morgan fingerprint density at radius 3 is 2.46 bits per heavy atom. The molecule has 1 unspecified atom stereocenters. The summed E-state index contributed by atoms with van der Waals surface area (Å²) in [5.41, 5.74) is 0.629. The molecular formula is C9H9FO3. The third-order valence-electron chi connectivity index (χ3n) is 1.62. The number of carboxylic acid groups (broad SMARTS) is 1. The van der Waals surface area contributed by atoms with Crippen molar-refractivity contribution in [3.63, 3.8) is 0 Å². The Hall–Kier alpha value is -1.58. The second-order valence-electron chi connectivity index (χ2n) is 2.58. The van der Waals surface area contributed by atoms with Gasteiger partial charge in [-0.25, -0.2) is 9.18 Å². The number of halogens is 1. The summed E-state index contributed by atoms with van der Waals surface area (Å²) in [6.07, 6.45) is -1.91. The van der Waals surface area contributed by atoms with Gasteiger partial charge >= 0.3 is 6.16 Å². The van der Waals surface area contributed by atoms with Gasteiger partial charge in [0.05, 0.1) is 0 Å². The van der Waals surface area contributed by atoms with Crippen molar-refractivity contribution in [3.05, 3.63) is 35.6 Å². The lowest BCUT2D eigenvalue weighted by atomic mass is 10.1. The quantitative estimate of drug-likeness (QED) is 0.718. The van der Waals surface area contributed by atoms with Gasteiger partial charge in [0.1, 0.15) is 11.9 Å². The highest BCUT2D eigenvalue weighted by Crippen LogP contribution is 2.16. The van der Waals surface area contributed by atoms with Gasteiger partial charge in [-0.05, 0) is 24.6 Å². The maximum Gasteiger partial charge on any atom is 0.506 e. The molecule has 3 nitrogen and oxygen atoms in total. The molecule has 1 rings (SSSR count). The Bertz CT molecular complexity index is 294. The minimum atomic E-state index is -1.34. The van der Waals surface area contributed by atoms with Crippen LogP contribution in [0.4, 0.5) is 9.18 Å². The van der Waals surface area contributed by atoms with Crippen LogP contribution in [0.2, 0.25) is 0 Å². The number of benzene rings is 1. The van der Waals surface area contributed by atoms with E-state index in [2.05, 4.69) is 4.74 Å². The lowest BCUT2D eigenvalue weighted by Gasteiger charge is -2.09. The van der Waals surface area contributed by atoms with Gasteiger partial charge in [0, 0.05) is 0 Å². The fourth-order valence-corrected chi connectivity index (χ4v) is 0.953. The smallest absolute Gasteiger partial charge is 0.450 e. The second kappa shape index (κ2) is 3.89. The Balaban J connectivity index is 2.71. The van der Waals surface area contributed by atoms with Crippen LogP contribution in [0, 0.1) is 5.82 Å². The monoisotopic (exact) mass is 184 g/mol. The van der Waals surface area contributed by atoms with Gasteiger partial charge in [0.25, 0.3) is 0 Å². The van der Waals surface area contributed by atoms with Crippen molar-refractivity contribution in [1.82, 2.24) is 0 Å². The van der Waals surface area contributed by atoms with Crippen molar-refractivity contribution >= 4 is 6.16 Å². The highest BCUT2D eigenvalue weighted by molar-refractivity contribution is 5.57. The van der Waals surface area contributed by atoms with Crippen LogP contribution in [0.1, 0.15) is 18.6 Å². The normalized spacial score (nSPS) is 12.2. The zero-order valence-electron chi connectivity index (χ0n) is 7.03. The Labute approximate surface area is 74.8 Å². The van der Waals surface area contributed by atoms with Crippen molar-refractivity contribution in [3.8, 4) is 0 Å². The molecule has 1 N–H and O–H groups in total. The summed E-state index contributed by atoms with van der Waals surface area (Å²) in [4.78, 5) is 10.2. The predicted molar refractivity (Wildman–Crippen MR) is 43.9 cm³/mol. The summed E-state index contributed by atoms with van der Waals surface area (Å²) in [5.74, 6) is -0.355. The van der Waals surface area contributed by atoms with Crippen LogP contribution in [0.5, 0.6) is 0 Å². The summed E-state index contributed by atoms with van der Waals surface area (Å²) in [5, 5.41) is 8.30. The summed E-state index contributed by atoms with van der Waals surface area (Å²) >= 11 is 0. The van der Waals surface area contributed by atoms with Crippen LogP contribution in [0.3, 0.4) is 0 Å². The average Bonchev–Trinajstić information content (AvgIpc) is 2.04. The molecule has 0 bridgehead atoms. The molecular weight excluding hydrogens is 175 g/mol. The maximum absolute atomic E-state index is 12.5. The van der Waals surface area contributed by atoms with Gasteiger partial charge in [-0.3, -0.25) is 0 Å². The zero-order valence-corrected chi connectivity index (χ0v) is 7.03. The van der Waals surface area contributed by atoms with Gasteiger partial charge in [-0.1, -0.05) is 12.1 Å². The standard InChI is InChI=1S/C9H9FO3/c1-6(13-9(11)12)7-2-4-8(10)5-3-7/h2-6H,1H3,(H,11,12). The van der Waals surface area contributed by atoms with Gasteiger partial charge in [-0.2, -0.15) is 0 Å². The van der Waals surface area contributed by atoms with Crippen LogP contribution >= 0.6 is 0 Å². The first-order valence-corrected chi connectivity index (χ1v) is 3.74. The molecule has 0 aliphatic rings. The molecule has 0 amide bonds. The molecule has 1 aromatic rings. The van der Waals surface area contributed by atoms with Gasteiger partial charge in [0.15, 0.2) is 0 Å². The van der Waals surface area contributed by atoms with E-state index in [9.17, 15) is 9.18 Å². The summed E-state index contributed by atoms with van der Waals surface area (Å²) in [6, 6.07) is 5.50. The van der Waals surface area contributed by atoms with Crippen LogP contribution in [-0.4, -0.2) is 11.3 Å². The third-order valence-corrected chi connectivity index (χ3v) is 1.62. The van der Waals surface area contributed by atoms with E-state index in [1.165, 1.54) is 24.3 Å². The summed E-state index contributed by atoms with van der Waals surface area (Å²) < 4.78 is 16.9. The number of rotatable bonds is 2. The van der Waals surface area contributed by atoms with Crippen LogP contribution in [-0.2, 0) is 4.74 Å². The van der Waals surface area contributed by atoms with Gasteiger partial charge in [0.2, 0.25) is 0 Å². The number of hydrogen-bond donors (Lipinski definition) is 1. The van der Waals surface area contributed by atoms with Crippen molar-refractivity contribution in [2.24, 2.45) is 0 Å². The Kier molecular flexibility index (Phi) is 2.84. The zero-order chi connectivity index (χ0) is 9.84. The highest BCUT2D eigenvalue weighted by Gasteiger charge is 2.09. The van der Waals surface area contributed by atoms with Gasteiger partial charge < -0.3 is 9.84 Å². The van der Waals surface area contributed by atoms with E-state index in [4.69, 9.17) is 5.11 Å². The number of carbonyl (C=O) groups is 1. The third kappa shape index (κ3) is 2.74. The topological polar surface area (TPSA) is 46.5 Å². The van der Waals surface area contributed by atoms with E-state index in [1.54, 1.807) is 6.92 Å². The van der Waals surface area contributed by atoms with Crippen LogP contribution in [0.15, 0.2) is 24.3 Å². The lowest BCUT2D eigenvalue weighted by Crippen LogP contribution is -2.05. The Morgan fingerprint density at radius 1 is 1.46 bits per heavy atom. The minimum absolute atomic E-state index is 0.355. The first-order chi connectivity index (χ1) is 6.09. The van der Waals surface area contributed by atoms with Gasteiger partial charge in [-0.15, -0.1) is 0 Å². The first kappa shape index (κ1) is 9.51. The molecule has 0 radical (unpaired) electrons. The predicted octanol–water partition coefficient (Wildman–Crippen LogP) is 2.58. The minimum Gasteiger partial charge on any atom is -0.450 e. The van der Waals surface area contributed by atoms with E-state index in [0.29, 0.717) is 5.56 Å². The maximum atomic E-state index is 12.5. The Morgan fingerprint density at radius 2 is 2.00 bits per heavy atom. The number of ether oxygens (including phenoxy) is 1. The molecule has 1 aromatic carbocycles. The second-order valence-corrected chi connectivity index (χ2v) is 2.58. The SMILES string of the molecule is CC(OC(=O)O)c1ccc(F)cc1. The van der Waals surface area contributed by atoms with E-state index < -0.39 is 12.3 Å². The molecule has 0 aliphatic heterocycles. The molecule has 0 aromatic heterocycles. The molecule has 0 heterocycles. The summed E-state index contributed by atoms with van der Waals surface area (Å²) in [6.45, 7) is 1.58. The largest absolute Gasteiger partial charge is 0.506 e. The van der Waals surface area contributed by atoms with Crippen molar-refractivity contribution < 1.29 is 19.0 Å². The lowest BCUT2D eigenvalue weighted by molar-refractivity contribution is 0.0587. The van der Waals surface area contributed by atoms with Crippen molar-refractivity contribution in [2.75, 3.05) is 0 Å². The van der Waals surface area contributed by atoms with E-state index >= 15 is 0 Å². The fourth-order valence-electron chi connectivity index (χ4n) is 0.953. The van der Waals surface area contributed by atoms with Crippen molar-refractivity contribution in [2.45, 2.75) is 13.0 Å². The molecule has 0 aliphatic carbocycles. The van der Waals surface area contributed by atoms with Crippen LogP contribution in [0.25, 0.3) is 0 Å².